The van der Waals surface area contributed by atoms with Gasteiger partial charge in [-0.2, -0.15) is 0 Å². The van der Waals surface area contributed by atoms with Crippen molar-refractivity contribution in [3.8, 4) is 22.6 Å². The van der Waals surface area contributed by atoms with Crippen LogP contribution in [0, 0.1) is 17.2 Å². The van der Waals surface area contributed by atoms with Gasteiger partial charge < -0.3 is 14.6 Å². The molecule has 0 spiro atoms. The summed E-state index contributed by atoms with van der Waals surface area (Å²) in [5, 5.41) is 9.40. The van der Waals surface area contributed by atoms with E-state index in [0.29, 0.717) is 36.4 Å². The van der Waals surface area contributed by atoms with E-state index in [1.54, 1.807) is 6.07 Å². The van der Waals surface area contributed by atoms with Crippen molar-refractivity contribution in [2.24, 2.45) is 11.3 Å². The molecule has 2 atom stereocenters. The Morgan fingerprint density at radius 3 is 2.49 bits per heavy atom. The fourth-order valence-corrected chi connectivity index (χ4v) is 6.35. The van der Waals surface area contributed by atoms with Gasteiger partial charge >= 0.3 is 5.97 Å². The number of halogens is 1. The molecule has 0 aromatic heterocycles. The van der Waals surface area contributed by atoms with Gasteiger partial charge in [-0.05, 0) is 108 Å². The van der Waals surface area contributed by atoms with Crippen LogP contribution in [0.4, 0.5) is 4.39 Å². The molecule has 0 saturated heterocycles. The highest BCUT2D eigenvalue weighted by Crippen LogP contribution is 2.51. The van der Waals surface area contributed by atoms with Gasteiger partial charge in [-0.3, -0.25) is 4.79 Å². The second-order valence-corrected chi connectivity index (χ2v) is 11.8. The molecule has 3 aromatic carbocycles. The summed E-state index contributed by atoms with van der Waals surface area (Å²) in [5.74, 6) is 1.20. The van der Waals surface area contributed by atoms with E-state index in [9.17, 15) is 9.90 Å². The zero-order valence-electron chi connectivity index (χ0n) is 23.2. The molecular formula is C34H39FO4. The number of hydrogen-bond donors (Lipinski definition) is 1. The van der Waals surface area contributed by atoms with E-state index in [1.165, 1.54) is 6.07 Å². The van der Waals surface area contributed by atoms with E-state index in [2.05, 4.69) is 19.9 Å². The molecule has 5 heteroatoms. The number of rotatable bonds is 11. The van der Waals surface area contributed by atoms with Crippen molar-refractivity contribution in [3.05, 3.63) is 83.2 Å². The molecule has 0 bridgehead atoms. The van der Waals surface area contributed by atoms with E-state index in [1.807, 2.05) is 49.4 Å². The van der Waals surface area contributed by atoms with Crippen LogP contribution in [0.15, 0.2) is 60.7 Å². The molecule has 1 N–H and O–H groups in total. The van der Waals surface area contributed by atoms with Gasteiger partial charge in [0, 0.05) is 5.56 Å². The Bertz CT molecular complexity index is 1330. The maximum Gasteiger partial charge on any atom is 0.303 e. The lowest BCUT2D eigenvalue weighted by Crippen LogP contribution is -2.17. The monoisotopic (exact) mass is 530 g/mol. The summed E-state index contributed by atoms with van der Waals surface area (Å²) >= 11 is 0. The fourth-order valence-electron chi connectivity index (χ4n) is 6.35. The van der Waals surface area contributed by atoms with E-state index in [4.69, 9.17) is 9.47 Å². The van der Waals surface area contributed by atoms with Crippen molar-refractivity contribution in [1.29, 1.82) is 0 Å². The van der Waals surface area contributed by atoms with Crippen LogP contribution in [0.25, 0.3) is 11.1 Å². The number of aliphatic carboxylic acids is 1. The van der Waals surface area contributed by atoms with Crippen LogP contribution in [0.3, 0.4) is 0 Å². The van der Waals surface area contributed by atoms with Gasteiger partial charge in [-0.15, -0.1) is 0 Å². The molecule has 2 saturated carbocycles. The molecule has 0 radical (unpaired) electrons. The Hall–Kier alpha value is -3.34. The number of carboxylic acid groups (broad SMARTS) is 1. The van der Waals surface area contributed by atoms with Crippen LogP contribution in [0.2, 0.25) is 0 Å². The van der Waals surface area contributed by atoms with Crippen molar-refractivity contribution >= 4 is 5.97 Å². The lowest BCUT2D eigenvalue weighted by atomic mass is 9.75. The third-order valence-electron chi connectivity index (χ3n) is 8.56. The van der Waals surface area contributed by atoms with Crippen LogP contribution in [0.1, 0.15) is 87.8 Å². The Kier molecular flexibility index (Phi) is 7.97. The van der Waals surface area contributed by atoms with Gasteiger partial charge in [0.25, 0.3) is 0 Å². The predicted octanol–water partition coefficient (Wildman–Crippen LogP) is 8.73. The number of hydrogen-bond acceptors (Lipinski definition) is 3. The lowest BCUT2D eigenvalue weighted by Gasteiger charge is -2.30. The summed E-state index contributed by atoms with van der Waals surface area (Å²) < 4.78 is 27.1. The van der Waals surface area contributed by atoms with Crippen LogP contribution in [0.5, 0.6) is 11.5 Å². The first-order chi connectivity index (χ1) is 18.7. The fraction of sp³-hybridized carbons (Fsp3) is 0.441. The van der Waals surface area contributed by atoms with Gasteiger partial charge in [-0.25, -0.2) is 4.39 Å². The number of carbonyl (C=O) groups is 1. The highest BCUT2D eigenvalue weighted by Gasteiger charge is 2.37. The van der Waals surface area contributed by atoms with Crippen LogP contribution in [-0.4, -0.2) is 17.7 Å². The van der Waals surface area contributed by atoms with Gasteiger partial charge in [0.1, 0.15) is 23.9 Å². The zero-order chi connectivity index (χ0) is 27.6. The summed E-state index contributed by atoms with van der Waals surface area (Å²) in [5.41, 5.74) is 4.84. The zero-order valence-corrected chi connectivity index (χ0v) is 23.2. The predicted molar refractivity (Wildman–Crippen MR) is 152 cm³/mol. The minimum Gasteiger partial charge on any atom is -0.494 e. The largest absolute Gasteiger partial charge is 0.494 e. The second kappa shape index (κ2) is 11.4. The van der Waals surface area contributed by atoms with Crippen LogP contribution in [-0.2, 0) is 11.4 Å². The summed E-state index contributed by atoms with van der Waals surface area (Å²) in [4.78, 5) is 11.4. The SMILES string of the molecule is CCOc1ccc(F)c(-c2ccc(COc3cccc([C@@H](CC(=O)O)C4CC4)c3)cc2[C@@H]2CCCC2(C)C)c1. The molecule has 206 valence electrons. The number of benzene rings is 3. The van der Waals surface area contributed by atoms with Crippen molar-refractivity contribution in [2.75, 3.05) is 6.61 Å². The van der Waals surface area contributed by atoms with E-state index >= 15 is 4.39 Å². The molecule has 0 amide bonds. The highest BCUT2D eigenvalue weighted by molar-refractivity contribution is 5.71. The summed E-state index contributed by atoms with van der Waals surface area (Å²) in [7, 11) is 0. The number of carboxylic acids is 1. The molecule has 0 heterocycles. The molecule has 4 nitrogen and oxygen atoms in total. The molecule has 3 aromatic rings. The first-order valence-electron chi connectivity index (χ1n) is 14.2. The van der Waals surface area contributed by atoms with Crippen LogP contribution >= 0.6 is 0 Å². The maximum absolute atomic E-state index is 15.2. The summed E-state index contributed by atoms with van der Waals surface area (Å²) in [6.07, 6.45) is 5.70. The standard InChI is InChI=1S/C34H39FO4/c1-4-38-26-13-15-32(35)30(19-26)27-14-10-22(17-29(27)31-9-6-16-34(31,2)3)21-39-25-8-5-7-24(18-25)28(20-33(36)37)23-11-12-23/h5,7-8,10,13-15,17-19,23,28,31H,4,6,9,11-12,16,20-21H2,1-3H3,(H,36,37)/t28-,31-/m0/s1. The highest BCUT2D eigenvalue weighted by atomic mass is 19.1. The normalized spacial score (nSPS) is 19.0. The van der Waals surface area contributed by atoms with Gasteiger partial charge in [-0.1, -0.05) is 50.6 Å². The van der Waals surface area contributed by atoms with Gasteiger partial charge in [0.05, 0.1) is 13.0 Å². The Morgan fingerprint density at radius 1 is 1.00 bits per heavy atom. The number of ether oxygens (including phenoxy) is 2. The quantitative estimate of drug-likeness (QED) is 0.269. The second-order valence-electron chi connectivity index (χ2n) is 11.8. The van der Waals surface area contributed by atoms with E-state index < -0.39 is 5.97 Å². The summed E-state index contributed by atoms with van der Waals surface area (Å²) in [6, 6.07) is 19.1. The molecule has 5 rings (SSSR count). The molecule has 2 aliphatic rings. The van der Waals surface area contributed by atoms with E-state index in [0.717, 1.165) is 60.1 Å². The van der Waals surface area contributed by atoms with Crippen LogP contribution < -0.4 is 9.47 Å². The molecule has 39 heavy (non-hydrogen) atoms. The first kappa shape index (κ1) is 27.2. The topological polar surface area (TPSA) is 55.8 Å². The summed E-state index contributed by atoms with van der Waals surface area (Å²) in [6.45, 7) is 7.46. The smallest absolute Gasteiger partial charge is 0.303 e. The van der Waals surface area contributed by atoms with Crippen molar-refractivity contribution in [2.45, 2.75) is 77.7 Å². The van der Waals surface area contributed by atoms with Crippen molar-refractivity contribution in [3.63, 3.8) is 0 Å². The third kappa shape index (κ3) is 6.29. The van der Waals surface area contributed by atoms with E-state index in [-0.39, 0.29) is 23.6 Å². The Labute approximate surface area is 231 Å². The third-order valence-corrected chi connectivity index (χ3v) is 8.56. The minimum absolute atomic E-state index is 0.0314. The van der Waals surface area contributed by atoms with Crippen molar-refractivity contribution in [1.82, 2.24) is 0 Å². The average molecular weight is 531 g/mol. The minimum atomic E-state index is -0.760. The maximum atomic E-state index is 15.2. The average Bonchev–Trinajstić information content (AvgIpc) is 3.69. The molecule has 0 unspecified atom stereocenters. The Morgan fingerprint density at radius 2 is 1.79 bits per heavy atom. The molecule has 0 aliphatic heterocycles. The van der Waals surface area contributed by atoms with Gasteiger partial charge in [0.15, 0.2) is 0 Å². The molecule has 2 fully saturated rings. The van der Waals surface area contributed by atoms with Crippen molar-refractivity contribution < 1.29 is 23.8 Å². The molecule has 2 aliphatic carbocycles. The molecular weight excluding hydrogens is 491 g/mol. The van der Waals surface area contributed by atoms with Gasteiger partial charge in [0.2, 0.25) is 0 Å². The Balaban J connectivity index is 1.43. The first-order valence-corrected chi connectivity index (χ1v) is 14.2. The lowest BCUT2D eigenvalue weighted by molar-refractivity contribution is -0.137.